The monoisotopic (exact) mass is 204 g/mol. The number of rotatable bonds is 3. The molecule has 4 nitrogen and oxygen atoms in total. The second-order valence-electron chi connectivity index (χ2n) is 3.04. The molecule has 0 saturated carbocycles. The molecular formula is C11H12N2O2. The molecule has 1 aromatic rings. The van der Waals surface area contributed by atoms with Crippen LogP contribution in [0.4, 0.5) is 5.69 Å². The van der Waals surface area contributed by atoms with Crippen molar-refractivity contribution in [2.45, 2.75) is 6.92 Å². The fourth-order valence-electron chi connectivity index (χ4n) is 1.23. The minimum absolute atomic E-state index is 0.0655. The number of nitrogens with zero attached hydrogens (tertiary/aromatic N) is 1. The van der Waals surface area contributed by atoms with Gasteiger partial charge in [0.1, 0.15) is 12.6 Å². The molecule has 0 unspecified atom stereocenters. The van der Waals surface area contributed by atoms with Crippen molar-refractivity contribution < 1.29 is 9.53 Å². The van der Waals surface area contributed by atoms with Gasteiger partial charge in [0, 0.05) is 0 Å². The number of esters is 1. The zero-order valence-electron chi connectivity index (χ0n) is 8.70. The third kappa shape index (κ3) is 2.71. The highest BCUT2D eigenvalue weighted by atomic mass is 16.5. The van der Waals surface area contributed by atoms with Crippen LogP contribution in [0.15, 0.2) is 18.2 Å². The lowest BCUT2D eigenvalue weighted by Crippen LogP contribution is -2.16. The van der Waals surface area contributed by atoms with Gasteiger partial charge in [-0.05, 0) is 18.6 Å². The summed E-state index contributed by atoms with van der Waals surface area (Å²) < 4.78 is 4.50. The van der Waals surface area contributed by atoms with Crippen LogP contribution in [0, 0.1) is 18.3 Å². The van der Waals surface area contributed by atoms with Gasteiger partial charge in [-0.3, -0.25) is 4.79 Å². The molecule has 1 aromatic carbocycles. The van der Waals surface area contributed by atoms with E-state index in [-0.39, 0.29) is 12.5 Å². The Morgan fingerprint density at radius 3 is 2.93 bits per heavy atom. The van der Waals surface area contributed by atoms with Gasteiger partial charge in [-0.25, -0.2) is 0 Å². The standard InChI is InChI=1S/C11H12N2O2/c1-8-4-3-5-9(6-12)11(8)13-7-10(14)15-2/h3-5,13H,7H2,1-2H3. The second-order valence-corrected chi connectivity index (χ2v) is 3.04. The van der Waals surface area contributed by atoms with Crippen LogP contribution in [-0.2, 0) is 9.53 Å². The Balaban J connectivity index is 2.84. The molecule has 15 heavy (non-hydrogen) atoms. The number of benzene rings is 1. The number of aryl methyl sites for hydroxylation is 1. The number of para-hydroxylation sites is 1. The van der Waals surface area contributed by atoms with Gasteiger partial charge in [0.05, 0.1) is 18.4 Å². The first-order valence-corrected chi connectivity index (χ1v) is 4.49. The van der Waals surface area contributed by atoms with E-state index in [1.165, 1.54) is 7.11 Å². The maximum Gasteiger partial charge on any atom is 0.325 e. The lowest BCUT2D eigenvalue weighted by molar-refractivity contribution is -0.138. The van der Waals surface area contributed by atoms with E-state index in [1.807, 2.05) is 13.0 Å². The summed E-state index contributed by atoms with van der Waals surface area (Å²) in [7, 11) is 1.33. The fourth-order valence-corrected chi connectivity index (χ4v) is 1.23. The lowest BCUT2D eigenvalue weighted by Gasteiger charge is -2.09. The topological polar surface area (TPSA) is 62.1 Å². The lowest BCUT2D eigenvalue weighted by atomic mass is 10.1. The molecule has 0 fully saturated rings. The number of carbonyl (C=O) groups excluding carboxylic acids is 1. The van der Waals surface area contributed by atoms with Gasteiger partial charge < -0.3 is 10.1 Å². The van der Waals surface area contributed by atoms with Gasteiger partial charge in [0.15, 0.2) is 0 Å². The van der Waals surface area contributed by atoms with Crippen molar-refractivity contribution in [3.8, 4) is 6.07 Å². The van der Waals surface area contributed by atoms with Gasteiger partial charge in [0.2, 0.25) is 0 Å². The molecule has 0 aromatic heterocycles. The third-order valence-corrected chi connectivity index (χ3v) is 2.03. The average Bonchev–Trinajstić information content (AvgIpc) is 2.26. The number of methoxy groups -OCH3 is 1. The predicted molar refractivity (Wildman–Crippen MR) is 56.4 cm³/mol. The molecule has 0 amide bonds. The van der Waals surface area contributed by atoms with E-state index in [2.05, 4.69) is 16.1 Å². The summed E-state index contributed by atoms with van der Waals surface area (Å²) in [6.07, 6.45) is 0. The van der Waals surface area contributed by atoms with Gasteiger partial charge >= 0.3 is 5.97 Å². The average molecular weight is 204 g/mol. The third-order valence-electron chi connectivity index (χ3n) is 2.03. The molecule has 1 N–H and O–H groups in total. The first-order valence-electron chi connectivity index (χ1n) is 4.49. The Kier molecular flexibility index (Phi) is 3.69. The van der Waals surface area contributed by atoms with E-state index in [0.29, 0.717) is 11.3 Å². The van der Waals surface area contributed by atoms with Crippen LogP contribution in [0.2, 0.25) is 0 Å². The summed E-state index contributed by atoms with van der Waals surface area (Å²) in [6, 6.07) is 7.44. The van der Waals surface area contributed by atoms with E-state index >= 15 is 0 Å². The predicted octanol–water partition coefficient (Wildman–Crippen LogP) is 1.45. The first-order chi connectivity index (χ1) is 7.19. The number of nitriles is 1. The van der Waals surface area contributed by atoms with Crippen molar-refractivity contribution >= 4 is 11.7 Å². The molecule has 0 aliphatic carbocycles. The highest BCUT2D eigenvalue weighted by molar-refractivity contribution is 5.76. The largest absolute Gasteiger partial charge is 0.468 e. The summed E-state index contributed by atoms with van der Waals surface area (Å²) in [4.78, 5) is 10.9. The Bertz CT molecular complexity index is 408. The number of ether oxygens (including phenoxy) is 1. The molecule has 0 aliphatic heterocycles. The number of anilines is 1. The van der Waals surface area contributed by atoms with Crippen molar-refractivity contribution in [3.63, 3.8) is 0 Å². The molecule has 0 atom stereocenters. The van der Waals surface area contributed by atoms with Gasteiger partial charge in [-0.1, -0.05) is 12.1 Å². The smallest absolute Gasteiger partial charge is 0.325 e. The summed E-state index contributed by atoms with van der Waals surface area (Å²) in [6.45, 7) is 1.94. The van der Waals surface area contributed by atoms with E-state index in [9.17, 15) is 4.79 Å². The molecule has 0 radical (unpaired) electrons. The first kappa shape index (κ1) is 11.1. The maximum absolute atomic E-state index is 10.9. The molecule has 0 saturated heterocycles. The van der Waals surface area contributed by atoms with Crippen molar-refractivity contribution in [3.05, 3.63) is 29.3 Å². The van der Waals surface area contributed by atoms with Crippen LogP contribution >= 0.6 is 0 Å². The summed E-state index contributed by atoms with van der Waals surface area (Å²) >= 11 is 0. The van der Waals surface area contributed by atoms with Crippen molar-refractivity contribution in [1.29, 1.82) is 5.26 Å². The Hall–Kier alpha value is -2.02. The van der Waals surface area contributed by atoms with Crippen LogP contribution in [-0.4, -0.2) is 19.6 Å². The number of carbonyl (C=O) groups is 1. The molecule has 0 spiro atoms. The SMILES string of the molecule is COC(=O)CNc1c(C)cccc1C#N. The quantitative estimate of drug-likeness (QED) is 0.757. The second kappa shape index (κ2) is 5.01. The summed E-state index contributed by atoms with van der Waals surface area (Å²) in [5.74, 6) is -0.359. The highest BCUT2D eigenvalue weighted by Gasteiger charge is 2.06. The van der Waals surface area contributed by atoms with E-state index in [1.54, 1.807) is 12.1 Å². The van der Waals surface area contributed by atoms with Gasteiger partial charge in [0.25, 0.3) is 0 Å². The minimum atomic E-state index is -0.359. The molecule has 78 valence electrons. The Morgan fingerprint density at radius 1 is 1.60 bits per heavy atom. The van der Waals surface area contributed by atoms with Crippen molar-refractivity contribution in [2.75, 3.05) is 19.0 Å². The van der Waals surface area contributed by atoms with Crippen LogP contribution in [0.3, 0.4) is 0 Å². The minimum Gasteiger partial charge on any atom is -0.468 e. The molecule has 4 heteroatoms. The Morgan fingerprint density at radius 2 is 2.33 bits per heavy atom. The van der Waals surface area contributed by atoms with Crippen molar-refractivity contribution in [1.82, 2.24) is 0 Å². The molecule has 1 rings (SSSR count). The number of nitrogens with one attached hydrogen (secondary N) is 1. The fraction of sp³-hybridized carbons (Fsp3) is 0.273. The molecular weight excluding hydrogens is 192 g/mol. The van der Waals surface area contributed by atoms with E-state index < -0.39 is 0 Å². The molecule has 0 bridgehead atoms. The van der Waals surface area contributed by atoms with Gasteiger partial charge in [-0.2, -0.15) is 5.26 Å². The zero-order chi connectivity index (χ0) is 11.3. The number of hydrogen-bond donors (Lipinski definition) is 1. The Labute approximate surface area is 88.5 Å². The van der Waals surface area contributed by atoms with E-state index in [0.717, 1.165) is 5.56 Å². The van der Waals surface area contributed by atoms with Crippen LogP contribution < -0.4 is 5.32 Å². The van der Waals surface area contributed by atoms with E-state index in [4.69, 9.17) is 5.26 Å². The molecule has 0 heterocycles. The highest BCUT2D eigenvalue weighted by Crippen LogP contribution is 2.19. The van der Waals surface area contributed by atoms with Crippen LogP contribution in [0.1, 0.15) is 11.1 Å². The summed E-state index contributed by atoms with van der Waals surface area (Å²) in [5, 5.41) is 11.7. The zero-order valence-corrected chi connectivity index (χ0v) is 8.70. The van der Waals surface area contributed by atoms with Gasteiger partial charge in [-0.15, -0.1) is 0 Å². The normalized spacial score (nSPS) is 9.13. The van der Waals surface area contributed by atoms with Crippen LogP contribution in [0.5, 0.6) is 0 Å². The van der Waals surface area contributed by atoms with Crippen LogP contribution in [0.25, 0.3) is 0 Å². The van der Waals surface area contributed by atoms with Crippen molar-refractivity contribution in [2.24, 2.45) is 0 Å². The maximum atomic E-state index is 10.9. The molecule has 0 aliphatic rings. The number of hydrogen-bond acceptors (Lipinski definition) is 4. The summed E-state index contributed by atoms with van der Waals surface area (Å²) in [5.41, 5.74) is 2.14.